The van der Waals surface area contributed by atoms with Crippen LogP contribution in [0.5, 0.6) is 0 Å². The zero-order valence-corrected chi connectivity index (χ0v) is 34.6. The Hall–Kier alpha value is -4.73. The third-order valence-electron chi connectivity index (χ3n) is 13.9. The van der Waals surface area contributed by atoms with E-state index in [1.165, 1.54) is 20.8 Å². The molecule has 2 aromatic carbocycles. The van der Waals surface area contributed by atoms with Gasteiger partial charge in [-0.3, -0.25) is 14.4 Å². The molecule has 11 atom stereocenters. The van der Waals surface area contributed by atoms with Gasteiger partial charge in [0.05, 0.1) is 35.6 Å². The van der Waals surface area contributed by atoms with Crippen molar-refractivity contribution in [3.05, 3.63) is 94.6 Å². The predicted molar refractivity (Wildman–Crippen MR) is 214 cm³/mol. The lowest BCUT2D eigenvalue weighted by atomic mass is 9.44. The number of rotatable bonds is 2. The topological polar surface area (TPSA) is 215 Å². The van der Waals surface area contributed by atoms with Gasteiger partial charge in [0, 0.05) is 31.6 Å². The van der Waals surface area contributed by atoms with Crippen LogP contribution in [0.3, 0.4) is 0 Å². The van der Waals surface area contributed by atoms with Crippen LogP contribution in [-0.4, -0.2) is 104 Å². The van der Waals surface area contributed by atoms with Crippen LogP contribution in [0, 0.1) is 16.7 Å². The molecule has 6 aliphatic rings. The summed E-state index contributed by atoms with van der Waals surface area (Å²) < 4.78 is 24.4. The Kier molecular flexibility index (Phi) is 11.8. The van der Waals surface area contributed by atoms with Crippen LogP contribution < -0.4 is 5.32 Å². The molecular weight excluding hydrogens is 774 g/mol. The number of carbonyl (C=O) groups is 5. The van der Waals surface area contributed by atoms with E-state index in [0.29, 0.717) is 31.2 Å². The monoisotopic (exact) mass is 829 g/mol. The molecule has 3 aliphatic carbocycles. The number of hydrogen-bond donors (Lipinski definition) is 5. The first-order chi connectivity index (χ1) is 28.4. The number of nitrogens with one attached hydrogen (secondary N) is 1. The number of amides is 1. The lowest BCUT2D eigenvalue weighted by Crippen LogP contribution is -2.81. The van der Waals surface area contributed by atoms with E-state index >= 15 is 4.79 Å². The summed E-state index contributed by atoms with van der Waals surface area (Å²) in [5.41, 5.74) is -6.10. The van der Waals surface area contributed by atoms with E-state index in [2.05, 4.69) is 5.32 Å². The summed E-state index contributed by atoms with van der Waals surface area (Å²) in [6, 6.07) is 13.9. The highest BCUT2D eigenvalue weighted by molar-refractivity contribution is 5.94. The number of allylic oxidation sites excluding steroid dienone is 2. The van der Waals surface area contributed by atoms with E-state index in [1.54, 1.807) is 68.4 Å². The SMILES string of the molecule is CC(=O)O[C@@]12CO[C@H]1C[C@H](O)[C@@]1(C)C(=O)[C@@H](O)C3=C(C)[C@@H]4C[C@@](O)([C@H](OC(=O)c5ccc(cc5)CC=CCCCCC(=O)N[C@@H](c5ccccc5)[C@H](O)C(=O)O4)[C@H]21)C3(C)C. The zero-order chi connectivity index (χ0) is 43.4. The van der Waals surface area contributed by atoms with Gasteiger partial charge < -0.3 is 44.7 Å². The van der Waals surface area contributed by atoms with Crippen LogP contribution >= 0.6 is 0 Å². The van der Waals surface area contributed by atoms with Crippen LogP contribution in [0.25, 0.3) is 0 Å². The fraction of sp³-hybridized carbons (Fsp3) is 0.543. The van der Waals surface area contributed by atoms with Crippen molar-refractivity contribution in [2.24, 2.45) is 16.7 Å². The second-order valence-corrected chi connectivity index (χ2v) is 17.7. The third kappa shape index (κ3) is 7.19. The zero-order valence-electron chi connectivity index (χ0n) is 34.6. The summed E-state index contributed by atoms with van der Waals surface area (Å²) in [5, 5.41) is 52.2. The molecule has 14 heteroatoms. The smallest absolute Gasteiger partial charge is 0.338 e. The van der Waals surface area contributed by atoms with Crippen LogP contribution in [0.1, 0.15) is 101 Å². The van der Waals surface area contributed by atoms with Gasteiger partial charge in [0.25, 0.3) is 0 Å². The van der Waals surface area contributed by atoms with Gasteiger partial charge in [-0.05, 0) is 73.9 Å². The molecular formula is C46H55NO13. The molecule has 60 heavy (non-hydrogen) atoms. The summed E-state index contributed by atoms with van der Waals surface area (Å²) in [4.78, 5) is 69.8. The van der Waals surface area contributed by atoms with Crippen molar-refractivity contribution in [2.45, 2.75) is 133 Å². The standard InChI is InChI=1S/C46H55NO13/c1-25-30-23-46(56)40(38-44(5,39(53)36(51)34(25)43(46,3)4)31(49)22-32-45(38,24-57-32)60-26(2)48)59-41(54)29-20-18-27(19-21-29)14-10-7-6-8-13-17-33(50)47-35(37(52)42(55)58-30)28-15-11-9-12-16-28/h7,9-12,15-16,18-21,30-32,35-38,40,49,51-52,56H,6,8,13-14,17,22-24H2,1-5H3,(H,47,50)/t30-,31-,32-,35-,36-,37-,38-,40+,44+,45-,46+/m0/s1. The molecule has 2 aromatic rings. The van der Waals surface area contributed by atoms with Crippen molar-refractivity contribution in [2.75, 3.05) is 6.61 Å². The van der Waals surface area contributed by atoms with E-state index in [4.69, 9.17) is 18.9 Å². The van der Waals surface area contributed by atoms with E-state index in [9.17, 15) is 39.6 Å². The van der Waals surface area contributed by atoms with E-state index in [0.717, 1.165) is 5.56 Å². The molecule has 3 fully saturated rings. The Morgan fingerprint density at radius 3 is 2.27 bits per heavy atom. The second-order valence-electron chi connectivity index (χ2n) is 17.7. The highest BCUT2D eigenvalue weighted by Crippen LogP contribution is 2.64. The fourth-order valence-corrected chi connectivity index (χ4v) is 10.5. The number of aliphatic hydroxyl groups excluding tert-OH is 3. The number of Topliss-reactive ketones (excluding diaryl/α,β-unsaturated/α-hetero) is 1. The van der Waals surface area contributed by atoms with Gasteiger partial charge in [-0.1, -0.05) is 68.5 Å². The van der Waals surface area contributed by atoms with Gasteiger partial charge in [-0.25, -0.2) is 9.59 Å². The molecule has 5 bridgehead atoms. The van der Waals surface area contributed by atoms with E-state index in [1.807, 2.05) is 12.2 Å². The van der Waals surface area contributed by atoms with Gasteiger partial charge in [0.2, 0.25) is 5.91 Å². The molecule has 322 valence electrons. The molecule has 14 nitrogen and oxygen atoms in total. The minimum atomic E-state index is -2.33. The predicted octanol–water partition coefficient (Wildman–Crippen LogP) is 3.52. The minimum Gasteiger partial charge on any atom is -0.456 e. The second kappa shape index (κ2) is 16.3. The van der Waals surface area contributed by atoms with Crippen LogP contribution in [0.4, 0.5) is 0 Å². The Labute approximate surface area is 348 Å². The molecule has 1 saturated heterocycles. The maximum atomic E-state index is 15.0. The van der Waals surface area contributed by atoms with Crippen molar-refractivity contribution in [3.63, 3.8) is 0 Å². The summed E-state index contributed by atoms with van der Waals surface area (Å²) in [6.45, 7) is 6.98. The first-order valence-electron chi connectivity index (χ1n) is 20.7. The summed E-state index contributed by atoms with van der Waals surface area (Å²) >= 11 is 0. The molecule has 3 aliphatic heterocycles. The van der Waals surface area contributed by atoms with Crippen LogP contribution in [0.15, 0.2) is 77.9 Å². The van der Waals surface area contributed by atoms with E-state index in [-0.39, 0.29) is 36.2 Å². The number of fused-ring (bicyclic) bond motifs is 18. The number of ether oxygens (including phenoxy) is 4. The molecule has 1 amide bonds. The number of esters is 3. The number of aliphatic hydroxyl groups is 4. The molecule has 3 heterocycles. The highest BCUT2D eigenvalue weighted by Gasteiger charge is 2.78. The summed E-state index contributed by atoms with van der Waals surface area (Å²) in [7, 11) is 0. The van der Waals surface area contributed by atoms with Crippen molar-refractivity contribution >= 4 is 29.6 Å². The number of benzene rings is 2. The third-order valence-corrected chi connectivity index (χ3v) is 13.9. The van der Waals surface area contributed by atoms with Crippen molar-refractivity contribution in [1.82, 2.24) is 5.32 Å². The summed E-state index contributed by atoms with van der Waals surface area (Å²) in [5.74, 6) is -5.62. The highest BCUT2D eigenvalue weighted by atomic mass is 16.6. The Morgan fingerprint density at radius 1 is 0.917 bits per heavy atom. The Morgan fingerprint density at radius 2 is 1.62 bits per heavy atom. The Bertz CT molecular complexity index is 2080. The fourth-order valence-electron chi connectivity index (χ4n) is 10.5. The lowest BCUT2D eigenvalue weighted by molar-refractivity contribution is -0.346. The van der Waals surface area contributed by atoms with Crippen LogP contribution in [0.2, 0.25) is 0 Å². The molecule has 0 aromatic heterocycles. The average Bonchev–Trinajstić information content (AvgIpc) is 3.20. The van der Waals surface area contributed by atoms with E-state index < -0.39 is 107 Å². The number of ketones is 1. The lowest BCUT2D eigenvalue weighted by Gasteiger charge is -2.67. The normalized spacial score (nSPS) is 37.3. The van der Waals surface area contributed by atoms with Crippen molar-refractivity contribution < 1.29 is 63.3 Å². The largest absolute Gasteiger partial charge is 0.456 e. The molecule has 0 spiro atoms. The molecule has 0 radical (unpaired) electrons. The van der Waals surface area contributed by atoms with Gasteiger partial charge in [-0.15, -0.1) is 0 Å². The molecule has 0 unspecified atom stereocenters. The number of hydrogen-bond acceptors (Lipinski definition) is 13. The quantitative estimate of drug-likeness (QED) is 0.167. The average molecular weight is 830 g/mol. The maximum absolute atomic E-state index is 15.0. The maximum Gasteiger partial charge on any atom is 0.338 e. The van der Waals surface area contributed by atoms with Gasteiger partial charge in [0.1, 0.15) is 30.0 Å². The Balaban J connectivity index is 1.40. The van der Waals surface area contributed by atoms with Gasteiger partial charge in [-0.2, -0.15) is 0 Å². The first kappa shape index (κ1) is 43.4. The van der Waals surface area contributed by atoms with Gasteiger partial charge >= 0.3 is 17.9 Å². The molecule has 2 saturated carbocycles. The van der Waals surface area contributed by atoms with Gasteiger partial charge in [0.15, 0.2) is 17.5 Å². The number of carbonyl (C=O) groups excluding carboxylic acids is 5. The summed E-state index contributed by atoms with van der Waals surface area (Å²) in [6.07, 6.45) is -3.69. The molecule has 8 rings (SSSR count). The molecule has 5 N–H and O–H groups in total. The minimum absolute atomic E-state index is 0.0363. The first-order valence-corrected chi connectivity index (χ1v) is 20.7. The van der Waals surface area contributed by atoms with Crippen molar-refractivity contribution in [1.29, 1.82) is 0 Å². The van der Waals surface area contributed by atoms with Crippen LogP contribution in [-0.2, 0) is 44.5 Å². The van der Waals surface area contributed by atoms with Crippen molar-refractivity contribution in [3.8, 4) is 0 Å².